The number of hydrogen-bond acceptors (Lipinski definition) is 2. The van der Waals surface area contributed by atoms with Crippen LogP contribution in [0.15, 0.2) is 0 Å². The minimum Gasteiger partial charge on any atom is -0.315 e. The summed E-state index contributed by atoms with van der Waals surface area (Å²) in [6.07, 6.45) is 12.8. The van der Waals surface area contributed by atoms with Crippen molar-refractivity contribution in [2.24, 2.45) is 5.92 Å². The summed E-state index contributed by atoms with van der Waals surface area (Å²) in [6, 6.07) is 2.37. The zero-order valence-corrected chi connectivity index (χ0v) is 12.6. The van der Waals surface area contributed by atoms with Crippen molar-refractivity contribution in [1.82, 2.24) is 10.2 Å². The molecule has 18 heavy (non-hydrogen) atoms. The molecule has 0 aromatic carbocycles. The molecule has 2 atom stereocenters. The Bertz CT molecular complexity index is 233. The molecule has 0 radical (unpaired) electrons. The second-order valence-electron chi connectivity index (χ2n) is 6.50. The smallest absolute Gasteiger partial charge is 0.0249 e. The van der Waals surface area contributed by atoms with E-state index in [1.165, 1.54) is 57.8 Å². The van der Waals surface area contributed by atoms with E-state index in [1.807, 2.05) is 0 Å². The lowest BCUT2D eigenvalue weighted by Gasteiger charge is -2.44. The fourth-order valence-corrected chi connectivity index (χ4v) is 4.17. The number of hydrogen-bond donors (Lipinski definition) is 1. The third-order valence-corrected chi connectivity index (χ3v) is 5.59. The van der Waals surface area contributed by atoms with Crippen molar-refractivity contribution in [3.8, 4) is 0 Å². The predicted molar refractivity (Wildman–Crippen MR) is 78.9 cm³/mol. The third kappa shape index (κ3) is 3.27. The van der Waals surface area contributed by atoms with E-state index in [0.29, 0.717) is 0 Å². The lowest BCUT2D eigenvalue weighted by atomic mass is 9.82. The van der Waals surface area contributed by atoms with Gasteiger partial charge in [0.1, 0.15) is 0 Å². The Morgan fingerprint density at radius 2 is 1.67 bits per heavy atom. The molecule has 0 bridgehead atoms. The van der Waals surface area contributed by atoms with Crippen LogP contribution in [-0.2, 0) is 0 Å². The lowest BCUT2D eigenvalue weighted by molar-refractivity contribution is 0.0777. The molecule has 2 heteroatoms. The van der Waals surface area contributed by atoms with Crippen LogP contribution in [0.3, 0.4) is 0 Å². The summed E-state index contributed by atoms with van der Waals surface area (Å²) in [5.41, 5.74) is 0. The largest absolute Gasteiger partial charge is 0.315 e. The van der Waals surface area contributed by atoms with Gasteiger partial charge in [-0.3, -0.25) is 4.90 Å². The van der Waals surface area contributed by atoms with Crippen LogP contribution in [0, 0.1) is 5.92 Å². The summed E-state index contributed by atoms with van der Waals surface area (Å²) in [7, 11) is 4.53. The molecule has 2 aliphatic carbocycles. The second kappa shape index (κ2) is 6.91. The maximum Gasteiger partial charge on any atom is 0.0249 e. The van der Waals surface area contributed by atoms with Gasteiger partial charge < -0.3 is 5.32 Å². The Morgan fingerprint density at radius 3 is 2.28 bits per heavy atom. The van der Waals surface area contributed by atoms with Crippen LogP contribution in [0.25, 0.3) is 0 Å². The first-order chi connectivity index (χ1) is 8.76. The molecule has 0 aliphatic heterocycles. The average Bonchev–Trinajstić information content (AvgIpc) is 2.46. The molecule has 2 aliphatic rings. The molecule has 2 rings (SSSR count). The van der Waals surface area contributed by atoms with Crippen molar-refractivity contribution < 1.29 is 0 Å². The number of nitrogens with zero attached hydrogens (tertiary/aromatic N) is 1. The van der Waals surface area contributed by atoms with Gasteiger partial charge in [0.05, 0.1) is 0 Å². The Kier molecular flexibility index (Phi) is 5.50. The fourth-order valence-electron chi connectivity index (χ4n) is 4.17. The fraction of sp³-hybridized carbons (Fsp3) is 1.00. The maximum atomic E-state index is 3.55. The molecule has 0 saturated heterocycles. The minimum absolute atomic E-state index is 0.729. The quantitative estimate of drug-likeness (QED) is 0.825. The van der Waals surface area contributed by atoms with E-state index >= 15 is 0 Å². The third-order valence-electron chi connectivity index (χ3n) is 5.59. The van der Waals surface area contributed by atoms with Crippen LogP contribution >= 0.6 is 0 Å². The summed E-state index contributed by atoms with van der Waals surface area (Å²) in [5.74, 6) is 1.01. The van der Waals surface area contributed by atoms with Crippen molar-refractivity contribution in [2.45, 2.75) is 82.8 Å². The molecule has 0 spiro atoms. The summed E-state index contributed by atoms with van der Waals surface area (Å²) < 4.78 is 0. The maximum absolute atomic E-state index is 3.55. The number of rotatable bonds is 4. The van der Waals surface area contributed by atoms with E-state index in [-0.39, 0.29) is 0 Å². The van der Waals surface area contributed by atoms with Crippen molar-refractivity contribution in [1.29, 1.82) is 0 Å². The minimum atomic E-state index is 0.729. The monoisotopic (exact) mass is 252 g/mol. The highest BCUT2D eigenvalue weighted by Gasteiger charge is 2.32. The Morgan fingerprint density at radius 1 is 1.00 bits per heavy atom. The SMILES string of the molecule is CCC1CCC(N(C)C2CCCCC2NC)CC1. The van der Waals surface area contributed by atoms with Crippen LogP contribution in [0.2, 0.25) is 0 Å². The van der Waals surface area contributed by atoms with Crippen molar-refractivity contribution >= 4 is 0 Å². The van der Waals surface area contributed by atoms with Gasteiger partial charge in [-0.25, -0.2) is 0 Å². The summed E-state index contributed by atoms with van der Waals surface area (Å²) in [4.78, 5) is 2.73. The first-order valence-electron chi connectivity index (χ1n) is 8.15. The standard InChI is InChI=1S/C16H32N2/c1-4-13-9-11-14(12-10-13)18(3)16-8-6-5-7-15(16)17-2/h13-17H,4-12H2,1-3H3. The van der Waals surface area contributed by atoms with Gasteiger partial charge >= 0.3 is 0 Å². The van der Waals surface area contributed by atoms with Crippen LogP contribution in [0.4, 0.5) is 0 Å². The first-order valence-corrected chi connectivity index (χ1v) is 8.15. The van der Waals surface area contributed by atoms with Gasteiger partial charge in [-0.05, 0) is 58.5 Å². The Hall–Kier alpha value is -0.0800. The van der Waals surface area contributed by atoms with E-state index in [9.17, 15) is 0 Å². The summed E-state index contributed by atoms with van der Waals surface area (Å²) in [5, 5.41) is 3.55. The highest BCUT2D eigenvalue weighted by Crippen LogP contribution is 2.32. The van der Waals surface area contributed by atoms with Crippen molar-refractivity contribution in [3.05, 3.63) is 0 Å². The first kappa shape index (κ1) is 14.3. The van der Waals surface area contributed by atoms with Crippen LogP contribution in [0.1, 0.15) is 64.7 Å². The Balaban J connectivity index is 1.87. The van der Waals surface area contributed by atoms with Gasteiger partial charge in [-0.1, -0.05) is 26.2 Å². The molecule has 2 nitrogen and oxygen atoms in total. The van der Waals surface area contributed by atoms with E-state index in [2.05, 4.69) is 31.2 Å². The van der Waals surface area contributed by atoms with Gasteiger partial charge in [0.2, 0.25) is 0 Å². The molecule has 106 valence electrons. The number of nitrogens with one attached hydrogen (secondary N) is 1. The van der Waals surface area contributed by atoms with E-state index < -0.39 is 0 Å². The summed E-state index contributed by atoms with van der Waals surface area (Å²) >= 11 is 0. The predicted octanol–water partition coefficient (Wildman–Crippen LogP) is 3.42. The van der Waals surface area contributed by atoms with E-state index in [0.717, 1.165) is 24.0 Å². The van der Waals surface area contributed by atoms with E-state index in [4.69, 9.17) is 0 Å². The highest BCUT2D eigenvalue weighted by molar-refractivity contribution is 4.90. The molecule has 0 aromatic heterocycles. The van der Waals surface area contributed by atoms with Crippen LogP contribution < -0.4 is 5.32 Å². The zero-order valence-electron chi connectivity index (χ0n) is 12.6. The zero-order chi connectivity index (χ0) is 13.0. The molecule has 0 amide bonds. The Labute approximate surface area is 114 Å². The van der Waals surface area contributed by atoms with Gasteiger partial charge in [0.25, 0.3) is 0 Å². The normalized spacial score (nSPS) is 38.0. The van der Waals surface area contributed by atoms with Gasteiger partial charge in [-0.2, -0.15) is 0 Å². The average molecular weight is 252 g/mol. The summed E-state index contributed by atoms with van der Waals surface area (Å²) in [6.45, 7) is 2.35. The lowest BCUT2D eigenvalue weighted by Crippen LogP contribution is -2.53. The molecule has 0 aromatic rings. The topological polar surface area (TPSA) is 15.3 Å². The van der Waals surface area contributed by atoms with Gasteiger partial charge in [-0.15, -0.1) is 0 Å². The molecule has 2 fully saturated rings. The van der Waals surface area contributed by atoms with E-state index in [1.54, 1.807) is 0 Å². The van der Waals surface area contributed by atoms with Crippen LogP contribution in [-0.4, -0.2) is 37.1 Å². The highest BCUT2D eigenvalue weighted by atomic mass is 15.2. The molecule has 1 N–H and O–H groups in total. The molecule has 0 heterocycles. The number of likely N-dealkylation sites (N-methyl/N-ethyl adjacent to an activating group) is 2. The van der Waals surface area contributed by atoms with Gasteiger partial charge in [0.15, 0.2) is 0 Å². The molecule has 2 unspecified atom stereocenters. The molecule has 2 saturated carbocycles. The molecular weight excluding hydrogens is 220 g/mol. The second-order valence-corrected chi connectivity index (χ2v) is 6.50. The van der Waals surface area contributed by atoms with Gasteiger partial charge in [0, 0.05) is 18.1 Å². The van der Waals surface area contributed by atoms with Crippen molar-refractivity contribution in [2.75, 3.05) is 14.1 Å². The van der Waals surface area contributed by atoms with Crippen LogP contribution in [0.5, 0.6) is 0 Å². The van der Waals surface area contributed by atoms with Crippen molar-refractivity contribution in [3.63, 3.8) is 0 Å². The molecular formula is C16H32N2.